The Morgan fingerprint density at radius 2 is 1.39 bits per heavy atom. The van der Waals surface area contributed by atoms with Gasteiger partial charge in [-0.2, -0.15) is 42.5 Å². The number of rotatable bonds is 3. The molecule has 0 bridgehead atoms. The maximum atomic E-state index is 8.88. The van der Waals surface area contributed by atoms with Gasteiger partial charge in [0.05, 0.1) is 0 Å². The minimum Gasteiger partial charge on any atom is -0.305 e. The molecule has 0 aliphatic carbocycles. The Morgan fingerprint density at radius 1 is 0.636 bits per heavy atom. The van der Waals surface area contributed by atoms with Crippen molar-refractivity contribution in [3.05, 3.63) is 139 Å². The van der Waals surface area contributed by atoms with Gasteiger partial charge >= 0.3 is 20.1 Å². The van der Waals surface area contributed by atoms with Gasteiger partial charge in [-0.25, -0.2) is 16.4 Å². The van der Waals surface area contributed by atoms with Crippen molar-refractivity contribution in [3.8, 4) is 39.6 Å². The van der Waals surface area contributed by atoms with Crippen molar-refractivity contribution in [2.24, 2.45) is 0 Å². The van der Waals surface area contributed by atoms with Crippen molar-refractivity contribution in [2.75, 3.05) is 0 Å². The zero-order valence-corrected chi connectivity index (χ0v) is 20.1. The van der Waals surface area contributed by atoms with E-state index in [9.17, 15) is 0 Å². The molecule has 1 heterocycles. The fourth-order valence-electron chi connectivity index (χ4n) is 3.25. The zero-order valence-electron chi connectivity index (χ0n) is 17.7. The van der Waals surface area contributed by atoms with Crippen LogP contribution in [0.2, 0.25) is 0 Å². The van der Waals surface area contributed by atoms with Crippen LogP contribution < -0.4 is 0 Å². The Kier molecular flexibility index (Phi) is 8.86. The standard InChI is InChI=1S/C18H12.C12H7N2.Ir/c1-3-8-15(9-4-1)17-12-7-13-18(14-17)16-10-5-2-6-11-16;13-9-10-5-1-2-6-11(10)12-7-3-4-8-14-12;/h1-10,12,14H;1-5,7-8H;/q-2;-1;+3. The summed E-state index contributed by atoms with van der Waals surface area (Å²) >= 11 is 0. The van der Waals surface area contributed by atoms with Gasteiger partial charge in [-0.3, -0.25) is 0 Å². The van der Waals surface area contributed by atoms with E-state index in [0.717, 1.165) is 22.4 Å². The van der Waals surface area contributed by atoms with Crippen LogP contribution in [-0.4, -0.2) is 4.98 Å². The molecule has 33 heavy (non-hydrogen) atoms. The molecule has 5 rings (SSSR count). The minimum atomic E-state index is 0. The SMILES string of the molecule is N#Cc1ccc[c-]c1-c1ccccn1.[Ir+3].[c-]1ccccc1-c1[c-]ccc(-c2ccccc2)c1. The van der Waals surface area contributed by atoms with Crippen LogP contribution in [0.1, 0.15) is 5.56 Å². The van der Waals surface area contributed by atoms with Crippen molar-refractivity contribution in [3.63, 3.8) is 0 Å². The average molecular weight is 600 g/mol. The summed E-state index contributed by atoms with van der Waals surface area (Å²) in [7, 11) is 0. The van der Waals surface area contributed by atoms with Crippen LogP contribution >= 0.6 is 0 Å². The maximum absolute atomic E-state index is 8.88. The molecule has 1 aromatic heterocycles. The van der Waals surface area contributed by atoms with Crippen LogP contribution in [0.4, 0.5) is 0 Å². The molecule has 2 nitrogen and oxygen atoms in total. The second kappa shape index (κ2) is 12.3. The van der Waals surface area contributed by atoms with Gasteiger partial charge in [0, 0.05) is 12.3 Å². The third-order valence-corrected chi connectivity index (χ3v) is 4.81. The van der Waals surface area contributed by atoms with Crippen LogP contribution in [0.15, 0.2) is 115 Å². The van der Waals surface area contributed by atoms with Crippen molar-refractivity contribution in [1.29, 1.82) is 5.26 Å². The van der Waals surface area contributed by atoms with Crippen molar-refractivity contribution in [2.45, 2.75) is 0 Å². The van der Waals surface area contributed by atoms with E-state index in [4.69, 9.17) is 5.26 Å². The number of hydrogen-bond donors (Lipinski definition) is 0. The monoisotopic (exact) mass is 600 g/mol. The Labute approximate surface area is 208 Å². The largest absolute Gasteiger partial charge is 3.00 e. The Hall–Kier alpha value is -3.83. The predicted octanol–water partition coefficient (Wildman–Crippen LogP) is 7.04. The molecule has 3 heteroatoms. The first-order valence-corrected chi connectivity index (χ1v) is 10.2. The second-order valence-electron chi connectivity index (χ2n) is 6.92. The summed E-state index contributed by atoms with van der Waals surface area (Å²) in [4.78, 5) is 4.18. The molecule has 158 valence electrons. The summed E-state index contributed by atoms with van der Waals surface area (Å²) in [5, 5.41) is 8.88. The number of nitriles is 1. The third kappa shape index (κ3) is 6.34. The van der Waals surface area contributed by atoms with Crippen LogP contribution in [-0.2, 0) is 20.1 Å². The molecular weight excluding hydrogens is 581 g/mol. The van der Waals surface area contributed by atoms with Gasteiger partial charge in [0.1, 0.15) is 0 Å². The summed E-state index contributed by atoms with van der Waals surface area (Å²) in [5.41, 5.74) is 6.74. The van der Waals surface area contributed by atoms with E-state index >= 15 is 0 Å². The Morgan fingerprint density at radius 3 is 2.12 bits per heavy atom. The molecule has 0 aliphatic heterocycles. The van der Waals surface area contributed by atoms with E-state index in [-0.39, 0.29) is 20.1 Å². The molecule has 0 aliphatic rings. The van der Waals surface area contributed by atoms with Gasteiger partial charge in [-0.1, -0.05) is 42.5 Å². The smallest absolute Gasteiger partial charge is 0.305 e. The topological polar surface area (TPSA) is 36.7 Å². The fraction of sp³-hybridized carbons (Fsp3) is 0. The Balaban J connectivity index is 0.000000186. The summed E-state index contributed by atoms with van der Waals surface area (Å²) in [6, 6.07) is 47.2. The van der Waals surface area contributed by atoms with Gasteiger partial charge in [-0.15, -0.1) is 47.5 Å². The van der Waals surface area contributed by atoms with E-state index in [2.05, 4.69) is 71.7 Å². The van der Waals surface area contributed by atoms with E-state index < -0.39 is 0 Å². The number of nitrogens with zero attached hydrogens (tertiary/aromatic N) is 2. The molecule has 0 fully saturated rings. The summed E-state index contributed by atoms with van der Waals surface area (Å²) < 4.78 is 0. The molecule has 4 aromatic carbocycles. The number of pyridine rings is 1. The van der Waals surface area contributed by atoms with Crippen LogP contribution in [0.25, 0.3) is 33.5 Å². The zero-order chi connectivity index (χ0) is 22.0. The third-order valence-electron chi connectivity index (χ3n) is 4.81. The summed E-state index contributed by atoms with van der Waals surface area (Å²) in [6.45, 7) is 0. The van der Waals surface area contributed by atoms with Crippen molar-refractivity contribution >= 4 is 0 Å². The minimum absolute atomic E-state index is 0. The Bertz CT molecular complexity index is 1260. The van der Waals surface area contributed by atoms with Crippen molar-refractivity contribution in [1.82, 2.24) is 4.98 Å². The molecule has 0 radical (unpaired) electrons. The maximum Gasteiger partial charge on any atom is 3.00 e. The normalized spacial score (nSPS) is 9.55. The molecule has 5 aromatic rings. The van der Waals surface area contributed by atoms with Gasteiger partial charge < -0.3 is 4.98 Å². The van der Waals surface area contributed by atoms with Gasteiger partial charge in [-0.05, 0) is 22.9 Å². The van der Waals surface area contributed by atoms with Gasteiger partial charge in [0.25, 0.3) is 0 Å². The number of aromatic nitrogens is 1. The first-order chi connectivity index (χ1) is 15.8. The quantitative estimate of drug-likeness (QED) is 0.209. The van der Waals surface area contributed by atoms with Crippen LogP contribution in [0, 0.1) is 29.5 Å². The second-order valence-corrected chi connectivity index (χ2v) is 6.92. The number of benzene rings is 4. The molecule has 0 unspecified atom stereocenters. The van der Waals surface area contributed by atoms with E-state index in [1.54, 1.807) is 24.4 Å². The first-order valence-electron chi connectivity index (χ1n) is 10.2. The van der Waals surface area contributed by atoms with E-state index in [0.29, 0.717) is 5.56 Å². The van der Waals surface area contributed by atoms with Gasteiger partial charge in [0.15, 0.2) is 0 Å². The molecule has 0 atom stereocenters. The van der Waals surface area contributed by atoms with Crippen molar-refractivity contribution < 1.29 is 20.1 Å². The van der Waals surface area contributed by atoms with Crippen LogP contribution in [0.3, 0.4) is 0 Å². The van der Waals surface area contributed by atoms with Crippen LogP contribution in [0.5, 0.6) is 0 Å². The molecule has 0 N–H and O–H groups in total. The predicted molar refractivity (Wildman–Crippen MR) is 128 cm³/mol. The molecule has 0 amide bonds. The fourth-order valence-corrected chi connectivity index (χ4v) is 3.25. The first kappa shape index (κ1) is 23.8. The summed E-state index contributed by atoms with van der Waals surface area (Å²) in [6.07, 6.45) is 1.71. The average Bonchev–Trinajstić information content (AvgIpc) is 2.91. The summed E-state index contributed by atoms with van der Waals surface area (Å²) in [5.74, 6) is 0. The molecule has 0 saturated carbocycles. The molecular formula is C30H19IrN2. The van der Waals surface area contributed by atoms with E-state index in [1.165, 1.54) is 11.1 Å². The van der Waals surface area contributed by atoms with Gasteiger partial charge in [0.2, 0.25) is 0 Å². The number of hydrogen-bond acceptors (Lipinski definition) is 2. The molecule has 0 spiro atoms. The molecule has 0 saturated heterocycles. The van der Waals surface area contributed by atoms with E-state index in [1.807, 2.05) is 48.5 Å².